The Kier molecular flexibility index (Phi) is 1.52. The first-order valence-electron chi connectivity index (χ1n) is 9.29. The van der Waals surface area contributed by atoms with Gasteiger partial charge in [-0.3, -0.25) is 4.79 Å². The van der Waals surface area contributed by atoms with Crippen LogP contribution in [0, 0.1) is 5.41 Å². The van der Waals surface area contributed by atoms with Gasteiger partial charge in [-0.2, -0.15) is 0 Å². The Morgan fingerprint density at radius 2 is 2.59 bits per heavy atom. The van der Waals surface area contributed by atoms with Gasteiger partial charge in [-0.15, -0.1) is 0 Å². The summed E-state index contributed by atoms with van der Waals surface area (Å²) in [4.78, 5) is 24.7. The molecule has 1 atom stereocenters. The SMILES string of the molecule is [2H]OC(=O)N1C([2H])([2H])C([2H])([2H])C(=O)/C(=C(\[2H])OC([2H])[2H])C1([2H])C(C)(C)C. The molecule has 0 aliphatic carbocycles. The van der Waals surface area contributed by atoms with Crippen LogP contribution in [0.1, 0.15) is 38.1 Å². The topological polar surface area (TPSA) is 66.8 Å². The minimum atomic E-state index is -3.42. The predicted molar refractivity (Wildman–Crippen MR) is 62.7 cm³/mol. The third kappa shape index (κ3) is 2.78. The van der Waals surface area contributed by atoms with E-state index in [2.05, 4.69) is 9.85 Å². The van der Waals surface area contributed by atoms with Crippen molar-refractivity contribution >= 4 is 11.9 Å². The average molecular weight is 250 g/mol. The molecule has 5 heteroatoms. The van der Waals surface area contributed by atoms with Crippen LogP contribution in [0.15, 0.2) is 11.8 Å². The maximum atomic E-state index is 12.7. The third-order valence-electron chi connectivity index (χ3n) is 2.02. The van der Waals surface area contributed by atoms with Gasteiger partial charge in [0.2, 0.25) is 0 Å². The highest BCUT2D eigenvalue weighted by Gasteiger charge is 2.42. The highest BCUT2D eigenvalue weighted by Crippen LogP contribution is 2.34. The van der Waals surface area contributed by atoms with Gasteiger partial charge in [0.25, 0.3) is 1.43 Å². The predicted octanol–water partition coefficient (Wildman–Crippen LogP) is 1.88. The molecule has 1 aliphatic heterocycles. The monoisotopic (exact) mass is 250 g/mol. The van der Waals surface area contributed by atoms with Gasteiger partial charge in [0.1, 0.15) is 1.37 Å². The Morgan fingerprint density at radius 1 is 1.88 bits per heavy atom. The molecular weight excluding hydrogens is 222 g/mol. The number of piperidine rings is 1. The molecule has 1 rings (SSSR count). The maximum Gasteiger partial charge on any atom is 0.407 e. The van der Waals surface area contributed by atoms with Crippen molar-refractivity contribution in [2.75, 3.05) is 13.6 Å². The Bertz CT molecular complexity index is 643. The molecule has 1 aliphatic rings. The van der Waals surface area contributed by atoms with Crippen LogP contribution in [0.4, 0.5) is 4.79 Å². The van der Waals surface area contributed by atoms with E-state index in [1.54, 1.807) is 0 Å². The molecule has 0 bridgehead atoms. The zero-order valence-electron chi connectivity index (χ0n) is 18.7. The Morgan fingerprint density at radius 3 is 3.12 bits per heavy atom. The number of rotatable bonds is 1. The molecule has 1 unspecified atom stereocenters. The molecule has 5 nitrogen and oxygen atoms in total. The smallest absolute Gasteiger partial charge is 0.407 e. The summed E-state index contributed by atoms with van der Waals surface area (Å²) in [7, 11) is -2.09. The van der Waals surface area contributed by atoms with Crippen molar-refractivity contribution in [1.29, 1.82) is 1.43 Å². The molecule has 0 aromatic carbocycles. The fourth-order valence-corrected chi connectivity index (χ4v) is 1.45. The number of nitrogens with zero attached hydrogens (tertiary/aromatic N) is 1. The standard InChI is InChI=1S/C12H19NO4/c1-12(2,3)10-8(7-17-4)9(14)5-6-13(10)11(15)16/h7,10H,5-6H2,1-4H3,(H,15,16)/b8-7-/i4D2,5D2,6D2,7D,10D/hD. The number of hydrogen-bond donors (Lipinski definition) is 1. The summed E-state index contributed by atoms with van der Waals surface area (Å²) in [6, 6.07) is -2.73. The van der Waals surface area contributed by atoms with Gasteiger partial charge in [-0.05, 0) is 5.41 Å². The van der Waals surface area contributed by atoms with Gasteiger partial charge in [-0.25, -0.2) is 4.79 Å². The van der Waals surface area contributed by atoms with Gasteiger partial charge in [-0.1, -0.05) is 20.8 Å². The lowest BCUT2D eigenvalue weighted by molar-refractivity contribution is -0.119. The van der Waals surface area contributed by atoms with Crippen LogP contribution in [-0.4, -0.2) is 41.5 Å². The highest BCUT2D eigenvalue weighted by molar-refractivity contribution is 5.98. The number of carbonyl (C=O) groups is 2. The number of hydrogen-bond acceptors (Lipinski definition) is 4. The number of likely N-dealkylation sites (tertiary alicyclic amines) is 1. The van der Waals surface area contributed by atoms with Crippen LogP contribution in [0.3, 0.4) is 0 Å². The third-order valence-corrected chi connectivity index (χ3v) is 2.02. The molecule has 0 aromatic rings. The summed E-state index contributed by atoms with van der Waals surface area (Å²) in [5, 5.41) is 3.75. The molecule has 1 saturated heterocycles. The lowest BCUT2D eigenvalue weighted by Crippen LogP contribution is -2.53. The van der Waals surface area contributed by atoms with E-state index < -0.39 is 55.1 Å². The molecular formula is C12H19NO4. The van der Waals surface area contributed by atoms with Gasteiger partial charge in [0.15, 0.2) is 5.78 Å². The zero-order chi connectivity index (χ0) is 20.9. The van der Waals surface area contributed by atoms with E-state index in [0.29, 0.717) is 0 Å². The van der Waals surface area contributed by atoms with E-state index >= 15 is 0 Å². The van der Waals surface area contributed by atoms with Crippen LogP contribution in [0.2, 0.25) is 0 Å². The number of carbonyl (C=O) groups excluding carboxylic acids is 1. The van der Waals surface area contributed by atoms with Crippen molar-refractivity contribution < 1.29 is 30.4 Å². The molecule has 0 saturated carbocycles. The summed E-state index contributed by atoms with van der Waals surface area (Å²) in [5.41, 5.74) is -2.55. The second kappa shape index (κ2) is 4.77. The van der Waals surface area contributed by atoms with Gasteiger partial charge in [0.05, 0.1) is 31.7 Å². The molecule has 1 fully saturated rings. The zero-order valence-corrected chi connectivity index (χ0v) is 9.66. The lowest BCUT2D eigenvalue weighted by atomic mass is 9.77. The molecule has 0 aromatic heterocycles. The second-order valence-electron chi connectivity index (χ2n) is 4.36. The highest BCUT2D eigenvalue weighted by atomic mass is 16.5. The fraction of sp³-hybridized carbons (Fsp3) is 0.667. The molecule has 0 spiro atoms. The van der Waals surface area contributed by atoms with Crippen LogP contribution >= 0.6 is 0 Å². The number of ether oxygens (including phenoxy) is 1. The van der Waals surface area contributed by atoms with E-state index in [0.717, 1.165) is 0 Å². The molecule has 1 heterocycles. The van der Waals surface area contributed by atoms with Crippen molar-refractivity contribution in [2.24, 2.45) is 5.41 Å². The number of carboxylic acid groups (broad SMARTS) is 1. The summed E-state index contributed by atoms with van der Waals surface area (Å²) in [5.74, 6) is -1.63. The van der Waals surface area contributed by atoms with Crippen LogP contribution in [0.25, 0.3) is 1.43 Å². The Balaban J connectivity index is 4.00. The molecule has 96 valence electrons. The van der Waals surface area contributed by atoms with Crippen LogP contribution in [0.5, 0.6) is 0 Å². The van der Waals surface area contributed by atoms with E-state index in [4.69, 9.17) is 12.4 Å². The first-order chi connectivity index (χ1) is 11.5. The number of methoxy groups -OCH3 is 1. The maximum absolute atomic E-state index is 12.7. The van der Waals surface area contributed by atoms with Crippen molar-refractivity contribution in [3.63, 3.8) is 0 Å². The number of ketones is 1. The average Bonchev–Trinajstić information content (AvgIpc) is 2.43. The van der Waals surface area contributed by atoms with Gasteiger partial charge >= 0.3 is 6.09 Å². The van der Waals surface area contributed by atoms with Crippen molar-refractivity contribution in [3.8, 4) is 0 Å². The lowest BCUT2D eigenvalue weighted by Gasteiger charge is -2.42. The Labute approximate surface area is 114 Å². The van der Waals surface area contributed by atoms with Crippen molar-refractivity contribution in [3.05, 3.63) is 11.8 Å². The molecule has 1 amide bonds. The normalized spacial score (nSPS) is 42.5. The quantitative estimate of drug-likeness (QED) is 0.570. The van der Waals surface area contributed by atoms with Gasteiger partial charge < -0.3 is 14.7 Å². The summed E-state index contributed by atoms with van der Waals surface area (Å²) in [6.45, 7) is 0.560. The van der Waals surface area contributed by atoms with E-state index in [1.807, 2.05) is 0 Å². The van der Waals surface area contributed by atoms with Crippen LogP contribution < -0.4 is 0 Å². The minimum Gasteiger partial charge on any atom is -0.504 e. The van der Waals surface area contributed by atoms with Crippen molar-refractivity contribution in [1.82, 2.24) is 4.90 Å². The Hall–Kier alpha value is -1.52. The van der Waals surface area contributed by atoms with Gasteiger partial charge in [0, 0.05) is 15.6 Å². The largest absolute Gasteiger partial charge is 0.504 e. The van der Waals surface area contributed by atoms with Crippen LogP contribution in [-0.2, 0) is 9.53 Å². The number of amides is 1. The fourth-order valence-electron chi connectivity index (χ4n) is 1.45. The molecule has 1 N–H and O–H groups in total. The van der Waals surface area contributed by atoms with E-state index in [1.165, 1.54) is 20.8 Å². The summed E-state index contributed by atoms with van der Waals surface area (Å²) < 4.78 is 73.4. The summed E-state index contributed by atoms with van der Waals surface area (Å²) in [6.07, 6.45) is -6.38. The molecule has 0 radical (unpaired) electrons. The first-order valence-corrected chi connectivity index (χ1v) is 4.72. The minimum absolute atomic E-state index is 0.0649. The van der Waals surface area contributed by atoms with E-state index in [-0.39, 0.29) is 4.90 Å². The summed E-state index contributed by atoms with van der Waals surface area (Å²) >= 11 is 0. The number of Topliss-reactive ketones (excluding diaryl/α,β-unsaturated/α-hetero) is 1. The van der Waals surface area contributed by atoms with E-state index in [9.17, 15) is 9.59 Å². The van der Waals surface area contributed by atoms with Crippen molar-refractivity contribution in [2.45, 2.75) is 33.2 Å². The second-order valence-corrected chi connectivity index (χ2v) is 4.36. The first kappa shape index (κ1) is 5.42. The molecule has 17 heavy (non-hydrogen) atoms.